The first-order chi connectivity index (χ1) is 25.9. The molecule has 0 aromatic heterocycles. The number of aryl methyl sites for hydroxylation is 2. The molecule has 0 saturated heterocycles. The first-order valence-corrected chi connectivity index (χ1v) is 25.1. The van der Waals surface area contributed by atoms with Crippen molar-refractivity contribution in [2.24, 2.45) is 11.8 Å². The van der Waals surface area contributed by atoms with E-state index in [2.05, 4.69) is 161 Å². The molecule has 1 radical (unpaired) electrons. The van der Waals surface area contributed by atoms with Crippen molar-refractivity contribution in [1.29, 1.82) is 0 Å². The molecule has 0 atom stereocenters. The molecular weight excluding hydrogens is 785 g/mol. The molecule has 0 aliphatic heterocycles. The van der Waals surface area contributed by atoms with Crippen LogP contribution in [0.4, 0.5) is 0 Å². The van der Waals surface area contributed by atoms with E-state index in [1.54, 1.807) is 13.8 Å². The van der Waals surface area contributed by atoms with Gasteiger partial charge >= 0.3 is 45.4 Å². The minimum absolute atomic E-state index is 0.110. The minimum atomic E-state index is -0.826. The Morgan fingerprint density at radius 1 is 0.611 bits per heavy atom. The van der Waals surface area contributed by atoms with Crippen molar-refractivity contribution in [2.45, 2.75) is 81.1 Å². The van der Waals surface area contributed by atoms with E-state index in [-0.39, 0.29) is 11.8 Å². The summed E-state index contributed by atoms with van der Waals surface area (Å²) in [4.78, 5) is 21.2. The van der Waals surface area contributed by atoms with Gasteiger partial charge in [0.25, 0.3) is 0 Å². The van der Waals surface area contributed by atoms with Crippen LogP contribution in [0.1, 0.15) is 76.6 Å². The van der Waals surface area contributed by atoms with Gasteiger partial charge in [-0.25, -0.2) is 0 Å². The Balaban J connectivity index is 0.000000219. The number of amides is 2. The molecular formula is C46H54BCl2N2O2Zr. The van der Waals surface area contributed by atoms with Crippen molar-refractivity contribution in [2.75, 3.05) is 0 Å². The SMILES string of the molecule is CCC(=O)N[B]NC(=O)CC.Cc1ccccc1-c1cccc2[cH-]c(CC(C)C)cc12.Cc1ccccc1-c1cccc2[cH-]c(CC(C)C)cc12.[Cl][Zr+2][Cl]. The Labute approximate surface area is 343 Å². The van der Waals surface area contributed by atoms with Crippen LogP contribution in [0.15, 0.2) is 109 Å². The molecule has 6 aromatic carbocycles. The fourth-order valence-corrected chi connectivity index (χ4v) is 6.39. The van der Waals surface area contributed by atoms with Crippen molar-refractivity contribution < 1.29 is 30.4 Å². The third-order valence-corrected chi connectivity index (χ3v) is 8.89. The second-order valence-electron chi connectivity index (χ2n) is 14.2. The average molecular weight is 840 g/mol. The van der Waals surface area contributed by atoms with Gasteiger partial charge in [0, 0.05) is 12.8 Å². The molecule has 0 fully saturated rings. The zero-order chi connectivity index (χ0) is 39.6. The Morgan fingerprint density at radius 3 is 1.30 bits per heavy atom. The molecule has 54 heavy (non-hydrogen) atoms. The molecule has 6 rings (SSSR count). The number of hydrogen-bond donors (Lipinski definition) is 2. The molecule has 0 unspecified atom stereocenters. The van der Waals surface area contributed by atoms with Gasteiger partial charge in [-0.05, 0) is 60.8 Å². The fourth-order valence-electron chi connectivity index (χ4n) is 6.39. The van der Waals surface area contributed by atoms with E-state index in [0.29, 0.717) is 24.7 Å². The fraction of sp³-hybridized carbons (Fsp3) is 0.304. The van der Waals surface area contributed by atoms with Gasteiger partial charge in [-0.1, -0.05) is 113 Å². The number of halogens is 2. The zero-order valence-electron chi connectivity index (χ0n) is 33.0. The van der Waals surface area contributed by atoms with Crippen LogP contribution in [0.3, 0.4) is 0 Å². The van der Waals surface area contributed by atoms with Gasteiger partial charge in [-0.3, -0.25) is 9.59 Å². The average Bonchev–Trinajstić information content (AvgIpc) is 3.75. The summed E-state index contributed by atoms with van der Waals surface area (Å²) in [7, 11) is 11.1. The molecule has 4 nitrogen and oxygen atoms in total. The van der Waals surface area contributed by atoms with Crippen LogP contribution in [-0.2, 0) is 43.3 Å². The monoisotopic (exact) mass is 837 g/mol. The van der Waals surface area contributed by atoms with Gasteiger partial charge in [0.2, 0.25) is 11.8 Å². The Morgan fingerprint density at radius 2 is 0.963 bits per heavy atom. The number of benzene rings is 4. The van der Waals surface area contributed by atoms with Crippen LogP contribution in [0.5, 0.6) is 0 Å². The van der Waals surface area contributed by atoms with Crippen LogP contribution in [0, 0.1) is 25.7 Å². The molecule has 0 bridgehead atoms. The summed E-state index contributed by atoms with van der Waals surface area (Å²) >= 11 is -0.826. The summed E-state index contributed by atoms with van der Waals surface area (Å²) in [6.07, 6.45) is 3.14. The predicted molar refractivity (Wildman–Crippen MR) is 231 cm³/mol. The third kappa shape index (κ3) is 14.0. The van der Waals surface area contributed by atoms with Crippen molar-refractivity contribution in [3.8, 4) is 22.3 Å². The standard InChI is InChI=1S/2C20H21.C6H12BN2O2.2ClH.Zr/c2*1-14(2)11-16-12-17-8-6-10-19(20(17)13-16)18-9-5-4-7-15(18)3;1-3-5(10)8-7-9-6(11)4-2;;;/h2*4-10,12-14H,11H2,1-3H3;3-4H2,1-2H3,(H,8,10)(H,9,11);2*1H;/q2*-1;;;;+4/p-2. The predicted octanol–water partition coefficient (Wildman–Crippen LogP) is 12.4. The quantitative estimate of drug-likeness (QED) is 0.107. The maximum atomic E-state index is 10.6. The van der Waals surface area contributed by atoms with Crippen LogP contribution >= 0.6 is 17.0 Å². The van der Waals surface area contributed by atoms with Gasteiger partial charge in [-0.15, -0.1) is 69.1 Å². The summed E-state index contributed by atoms with van der Waals surface area (Å²) < 4.78 is 0. The number of hydrogen-bond acceptors (Lipinski definition) is 2. The molecule has 0 aliphatic carbocycles. The van der Waals surface area contributed by atoms with Gasteiger partial charge in [0.1, 0.15) is 0 Å². The van der Waals surface area contributed by atoms with Crippen molar-refractivity contribution >= 4 is 57.9 Å². The Kier molecular flexibility index (Phi) is 19.5. The molecule has 2 N–H and O–H groups in total. The summed E-state index contributed by atoms with van der Waals surface area (Å²) in [5, 5.41) is 10.3. The van der Waals surface area contributed by atoms with Gasteiger partial charge in [0.05, 0.1) is 0 Å². The third-order valence-electron chi connectivity index (χ3n) is 8.89. The molecule has 0 saturated carbocycles. The molecule has 0 aliphatic rings. The number of nitrogens with one attached hydrogen (secondary N) is 2. The van der Waals surface area contributed by atoms with E-state index in [1.165, 1.54) is 73.6 Å². The van der Waals surface area contributed by atoms with E-state index < -0.39 is 20.8 Å². The summed E-state index contributed by atoms with van der Waals surface area (Å²) in [5.74, 6) is 1.19. The normalized spacial score (nSPS) is 10.4. The number of carbonyl (C=O) groups excluding carboxylic acids is 2. The van der Waals surface area contributed by atoms with Crippen LogP contribution in [0.25, 0.3) is 43.8 Å². The van der Waals surface area contributed by atoms with Crippen LogP contribution in [0.2, 0.25) is 0 Å². The first-order valence-electron chi connectivity index (χ1n) is 18.8. The van der Waals surface area contributed by atoms with E-state index in [1.807, 2.05) is 0 Å². The molecule has 0 heterocycles. The van der Waals surface area contributed by atoms with Crippen LogP contribution in [-0.4, -0.2) is 19.4 Å². The van der Waals surface area contributed by atoms with Crippen molar-refractivity contribution in [3.63, 3.8) is 0 Å². The summed E-state index contributed by atoms with van der Waals surface area (Å²) in [6.45, 7) is 17.0. The molecule has 6 aromatic rings. The topological polar surface area (TPSA) is 58.2 Å². The number of fused-ring (bicyclic) bond motifs is 2. The van der Waals surface area contributed by atoms with E-state index in [9.17, 15) is 9.59 Å². The van der Waals surface area contributed by atoms with Gasteiger partial charge in [0.15, 0.2) is 0 Å². The van der Waals surface area contributed by atoms with E-state index >= 15 is 0 Å². The summed E-state index contributed by atoms with van der Waals surface area (Å²) in [5.41, 5.74) is 11.0. The second-order valence-corrected chi connectivity index (χ2v) is 18.0. The maximum absolute atomic E-state index is 10.6. The van der Waals surface area contributed by atoms with Gasteiger partial charge < -0.3 is 10.5 Å². The van der Waals surface area contributed by atoms with E-state index in [4.69, 9.17) is 17.0 Å². The van der Waals surface area contributed by atoms with Crippen molar-refractivity contribution in [3.05, 3.63) is 131 Å². The van der Waals surface area contributed by atoms with Gasteiger partial charge in [-0.2, -0.15) is 12.1 Å². The molecule has 281 valence electrons. The molecule has 8 heteroatoms. The Hall–Kier alpha value is -3.43. The summed E-state index contributed by atoms with van der Waals surface area (Å²) in [6, 6.07) is 40.0. The van der Waals surface area contributed by atoms with E-state index in [0.717, 1.165) is 12.8 Å². The zero-order valence-corrected chi connectivity index (χ0v) is 37.0. The van der Waals surface area contributed by atoms with Crippen molar-refractivity contribution in [1.82, 2.24) is 10.5 Å². The number of rotatable bonds is 10. The Bertz CT molecular complexity index is 1920. The molecule has 0 spiro atoms. The second kappa shape index (κ2) is 23.5. The number of carbonyl (C=O) groups is 2. The first kappa shape index (κ1) is 45.0. The molecule has 2 amide bonds. The van der Waals surface area contributed by atoms with Crippen LogP contribution < -0.4 is 10.5 Å².